The van der Waals surface area contributed by atoms with Gasteiger partial charge in [-0.05, 0) is 30.3 Å². The molecule has 0 aliphatic carbocycles. The predicted molar refractivity (Wildman–Crippen MR) is 109 cm³/mol. The Bertz CT molecular complexity index is 1190. The molecule has 136 valence electrons. The third-order valence-electron chi connectivity index (χ3n) is 4.21. The molecule has 0 fully saturated rings. The highest BCUT2D eigenvalue weighted by Gasteiger charge is 2.13. The van der Waals surface area contributed by atoms with Gasteiger partial charge >= 0.3 is 0 Å². The first-order valence-electron chi connectivity index (χ1n) is 8.76. The largest absolute Gasteiger partial charge is 0.337 e. The molecule has 8 nitrogen and oxygen atoms in total. The van der Waals surface area contributed by atoms with E-state index >= 15 is 0 Å². The van der Waals surface area contributed by atoms with Crippen molar-refractivity contribution < 1.29 is 0 Å². The van der Waals surface area contributed by atoms with Gasteiger partial charge in [-0.3, -0.25) is 5.10 Å². The summed E-state index contributed by atoms with van der Waals surface area (Å²) in [5, 5.41) is 13.6. The normalized spacial score (nSPS) is 10.9. The SMILES string of the molecule is c1ccc(Nc2nccc(Nc3cn[nH]c3-c3nc4ccccc4[nH]3)n2)cc1. The molecular weight excluding hydrogens is 352 g/mol. The van der Waals surface area contributed by atoms with Gasteiger partial charge in [-0.1, -0.05) is 30.3 Å². The van der Waals surface area contributed by atoms with Crippen molar-refractivity contribution >= 4 is 34.2 Å². The van der Waals surface area contributed by atoms with E-state index in [1.54, 1.807) is 18.5 Å². The van der Waals surface area contributed by atoms with Gasteiger partial charge in [0, 0.05) is 11.9 Å². The minimum atomic E-state index is 0.505. The second-order valence-electron chi connectivity index (χ2n) is 6.14. The number of aromatic amines is 2. The smallest absolute Gasteiger partial charge is 0.229 e. The van der Waals surface area contributed by atoms with Crippen LogP contribution < -0.4 is 10.6 Å². The van der Waals surface area contributed by atoms with Crippen molar-refractivity contribution in [1.29, 1.82) is 0 Å². The Balaban J connectivity index is 1.41. The van der Waals surface area contributed by atoms with Gasteiger partial charge < -0.3 is 15.6 Å². The third-order valence-corrected chi connectivity index (χ3v) is 4.21. The molecule has 2 aromatic carbocycles. The molecule has 5 rings (SSSR count). The molecule has 8 heteroatoms. The lowest BCUT2D eigenvalue weighted by molar-refractivity contribution is 1.08. The molecule has 0 unspecified atom stereocenters. The lowest BCUT2D eigenvalue weighted by atomic mass is 10.3. The highest BCUT2D eigenvalue weighted by atomic mass is 15.2. The Morgan fingerprint density at radius 1 is 0.821 bits per heavy atom. The van der Waals surface area contributed by atoms with E-state index in [0.29, 0.717) is 17.6 Å². The van der Waals surface area contributed by atoms with E-state index in [-0.39, 0.29) is 0 Å². The maximum absolute atomic E-state index is 4.62. The van der Waals surface area contributed by atoms with Crippen molar-refractivity contribution in [3.8, 4) is 11.5 Å². The quantitative estimate of drug-likeness (QED) is 0.370. The number of H-pyrrole nitrogens is 2. The Morgan fingerprint density at radius 2 is 1.68 bits per heavy atom. The van der Waals surface area contributed by atoms with Gasteiger partial charge in [0.15, 0.2) is 5.82 Å². The molecule has 3 heterocycles. The fourth-order valence-corrected chi connectivity index (χ4v) is 2.91. The van der Waals surface area contributed by atoms with Crippen LogP contribution in [0.25, 0.3) is 22.6 Å². The number of imidazole rings is 1. The van der Waals surface area contributed by atoms with Gasteiger partial charge in [-0.15, -0.1) is 0 Å². The number of aromatic nitrogens is 6. The van der Waals surface area contributed by atoms with Crippen LogP contribution >= 0.6 is 0 Å². The van der Waals surface area contributed by atoms with Crippen molar-refractivity contribution in [3.05, 3.63) is 73.1 Å². The molecular formula is C20H16N8. The molecule has 0 bridgehead atoms. The molecule has 0 aliphatic heterocycles. The number of nitrogens with one attached hydrogen (secondary N) is 4. The van der Waals surface area contributed by atoms with E-state index in [2.05, 4.69) is 40.8 Å². The Hall–Kier alpha value is -4.20. The number of benzene rings is 2. The molecule has 0 atom stereocenters. The van der Waals surface area contributed by atoms with Crippen LogP contribution in [0.1, 0.15) is 0 Å². The summed E-state index contributed by atoms with van der Waals surface area (Å²) in [6, 6.07) is 19.5. The fraction of sp³-hybridized carbons (Fsp3) is 0. The van der Waals surface area contributed by atoms with Gasteiger partial charge in [0.25, 0.3) is 0 Å². The monoisotopic (exact) mass is 368 g/mol. The molecule has 4 N–H and O–H groups in total. The van der Waals surface area contributed by atoms with Crippen LogP contribution in [0.2, 0.25) is 0 Å². The summed E-state index contributed by atoms with van der Waals surface area (Å²) < 4.78 is 0. The summed E-state index contributed by atoms with van der Waals surface area (Å²) in [4.78, 5) is 16.7. The molecule has 0 aliphatic rings. The van der Waals surface area contributed by atoms with Crippen molar-refractivity contribution in [1.82, 2.24) is 30.1 Å². The number of rotatable bonds is 5. The summed E-state index contributed by atoms with van der Waals surface area (Å²) in [6.07, 6.45) is 3.40. The Morgan fingerprint density at radius 3 is 2.57 bits per heavy atom. The molecule has 0 radical (unpaired) electrons. The van der Waals surface area contributed by atoms with E-state index in [0.717, 1.165) is 28.1 Å². The minimum Gasteiger partial charge on any atom is -0.337 e. The van der Waals surface area contributed by atoms with E-state index in [1.165, 1.54) is 0 Å². The van der Waals surface area contributed by atoms with Gasteiger partial charge in [-0.2, -0.15) is 10.1 Å². The maximum Gasteiger partial charge on any atom is 0.229 e. The van der Waals surface area contributed by atoms with Crippen LogP contribution in [0.4, 0.5) is 23.1 Å². The standard InChI is InChI=1S/C20H16N8/c1-2-6-13(7-3-1)23-20-21-11-10-17(27-20)24-16-12-22-28-18(16)19-25-14-8-4-5-9-15(14)26-19/h1-12H,(H,22,28)(H,25,26)(H2,21,23,24,27). The van der Waals surface area contributed by atoms with Gasteiger partial charge in [0.2, 0.25) is 5.95 Å². The molecule has 28 heavy (non-hydrogen) atoms. The third kappa shape index (κ3) is 3.14. The Labute approximate surface area is 160 Å². The first-order chi connectivity index (χ1) is 13.8. The second kappa shape index (κ2) is 6.84. The minimum absolute atomic E-state index is 0.505. The molecule has 0 amide bonds. The van der Waals surface area contributed by atoms with E-state index in [9.17, 15) is 0 Å². The average Bonchev–Trinajstić information content (AvgIpc) is 3.35. The van der Waals surface area contributed by atoms with E-state index < -0.39 is 0 Å². The lowest BCUT2D eigenvalue weighted by Gasteiger charge is -2.08. The average molecular weight is 368 g/mol. The van der Waals surface area contributed by atoms with Gasteiger partial charge in [-0.25, -0.2) is 9.97 Å². The molecule has 0 spiro atoms. The van der Waals surface area contributed by atoms with E-state index in [1.807, 2.05) is 54.6 Å². The lowest BCUT2D eigenvalue weighted by Crippen LogP contribution is -2.00. The highest BCUT2D eigenvalue weighted by Crippen LogP contribution is 2.27. The van der Waals surface area contributed by atoms with Crippen molar-refractivity contribution in [3.63, 3.8) is 0 Å². The van der Waals surface area contributed by atoms with Gasteiger partial charge in [0.1, 0.15) is 11.5 Å². The molecule has 0 saturated carbocycles. The van der Waals surface area contributed by atoms with Crippen LogP contribution in [0.3, 0.4) is 0 Å². The summed E-state index contributed by atoms with van der Waals surface area (Å²) in [5.74, 6) is 1.86. The molecule has 5 aromatic rings. The number of anilines is 4. The molecule has 0 saturated heterocycles. The summed E-state index contributed by atoms with van der Waals surface area (Å²) in [7, 11) is 0. The number of fused-ring (bicyclic) bond motifs is 1. The zero-order chi connectivity index (χ0) is 18.8. The number of hydrogen-bond acceptors (Lipinski definition) is 6. The second-order valence-corrected chi connectivity index (χ2v) is 6.14. The topological polar surface area (TPSA) is 107 Å². The zero-order valence-electron chi connectivity index (χ0n) is 14.7. The number of hydrogen-bond donors (Lipinski definition) is 4. The number of para-hydroxylation sites is 3. The van der Waals surface area contributed by atoms with Gasteiger partial charge in [0.05, 0.1) is 22.9 Å². The maximum atomic E-state index is 4.62. The van der Waals surface area contributed by atoms with Crippen LogP contribution in [0.5, 0.6) is 0 Å². The van der Waals surface area contributed by atoms with Crippen molar-refractivity contribution in [2.24, 2.45) is 0 Å². The van der Waals surface area contributed by atoms with Crippen LogP contribution in [0.15, 0.2) is 73.1 Å². The van der Waals surface area contributed by atoms with E-state index in [4.69, 9.17) is 0 Å². The first-order valence-corrected chi connectivity index (χ1v) is 8.76. The zero-order valence-corrected chi connectivity index (χ0v) is 14.7. The molecule has 3 aromatic heterocycles. The fourth-order valence-electron chi connectivity index (χ4n) is 2.91. The summed E-state index contributed by atoms with van der Waals surface area (Å²) in [6.45, 7) is 0. The van der Waals surface area contributed by atoms with Crippen molar-refractivity contribution in [2.75, 3.05) is 10.6 Å². The summed E-state index contributed by atoms with van der Waals surface area (Å²) >= 11 is 0. The van der Waals surface area contributed by atoms with Crippen molar-refractivity contribution in [2.45, 2.75) is 0 Å². The highest BCUT2D eigenvalue weighted by molar-refractivity contribution is 5.82. The summed E-state index contributed by atoms with van der Waals surface area (Å²) in [5.41, 5.74) is 4.31. The Kier molecular flexibility index (Phi) is 3.91. The van der Waals surface area contributed by atoms with Crippen LogP contribution in [-0.4, -0.2) is 30.1 Å². The van der Waals surface area contributed by atoms with Crippen LogP contribution in [0, 0.1) is 0 Å². The number of nitrogens with zero attached hydrogens (tertiary/aromatic N) is 4. The predicted octanol–water partition coefficient (Wildman–Crippen LogP) is 4.23. The first kappa shape index (κ1) is 16.0. The van der Waals surface area contributed by atoms with Crippen LogP contribution in [-0.2, 0) is 0 Å².